The molecule has 2 atom stereocenters. The largest absolute Gasteiger partial charge is 0.491 e. The molecule has 6 nitrogen and oxygen atoms in total. The van der Waals surface area contributed by atoms with Gasteiger partial charge in [-0.05, 0) is 70.1 Å². The Bertz CT molecular complexity index is 834. The molecule has 0 radical (unpaired) electrons. The molecule has 0 spiro atoms. The van der Waals surface area contributed by atoms with Crippen LogP contribution in [0.5, 0.6) is 5.75 Å². The Morgan fingerprint density at radius 1 is 0.938 bits per heavy atom. The first-order valence-corrected chi connectivity index (χ1v) is 11.9. The number of likely N-dealkylation sites (tertiary alicyclic amines) is 1. The van der Waals surface area contributed by atoms with Gasteiger partial charge in [0.25, 0.3) is 11.8 Å². The molecule has 3 rings (SSSR count). The summed E-state index contributed by atoms with van der Waals surface area (Å²) < 4.78 is 11.4. The topological polar surface area (TPSA) is 59.1 Å². The van der Waals surface area contributed by atoms with Crippen LogP contribution in [0.4, 0.5) is 0 Å². The molecule has 1 saturated heterocycles. The van der Waals surface area contributed by atoms with Gasteiger partial charge in [0.05, 0.1) is 17.8 Å². The highest BCUT2D eigenvalue weighted by atomic mass is 16.5. The first-order chi connectivity index (χ1) is 15.2. The number of benzene rings is 1. The van der Waals surface area contributed by atoms with E-state index in [1.165, 1.54) is 4.90 Å². The summed E-state index contributed by atoms with van der Waals surface area (Å²) in [6.07, 6.45) is 1.97. The molecule has 6 heteroatoms. The SMILES string of the molecule is CC1CC(C)CN(C2=C(c3ccc(OC(C)C)cc3)C(=O)N(CCCOC(C)C)C2=O)C1. The van der Waals surface area contributed by atoms with Gasteiger partial charge in [-0.2, -0.15) is 0 Å². The van der Waals surface area contributed by atoms with Crippen molar-refractivity contribution in [2.45, 2.75) is 66.6 Å². The molecule has 32 heavy (non-hydrogen) atoms. The van der Waals surface area contributed by atoms with E-state index in [0.717, 1.165) is 30.8 Å². The number of amides is 2. The molecule has 176 valence electrons. The summed E-state index contributed by atoms with van der Waals surface area (Å²) in [4.78, 5) is 30.5. The number of hydrogen-bond acceptors (Lipinski definition) is 5. The van der Waals surface area contributed by atoms with Gasteiger partial charge in [0.15, 0.2) is 0 Å². The summed E-state index contributed by atoms with van der Waals surface area (Å²) in [6.45, 7) is 14.8. The second-order valence-electron chi connectivity index (χ2n) is 9.80. The number of rotatable bonds is 9. The summed E-state index contributed by atoms with van der Waals surface area (Å²) in [6, 6.07) is 7.53. The Morgan fingerprint density at radius 3 is 2.12 bits per heavy atom. The van der Waals surface area contributed by atoms with E-state index in [2.05, 4.69) is 18.7 Å². The average molecular weight is 443 g/mol. The molecule has 0 N–H and O–H groups in total. The van der Waals surface area contributed by atoms with E-state index in [1.807, 2.05) is 52.0 Å². The molecule has 1 fully saturated rings. The van der Waals surface area contributed by atoms with Crippen LogP contribution in [0.25, 0.3) is 5.57 Å². The fraction of sp³-hybridized carbons (Fsp3) is 0.615. The van der Waals surface area contributed by atoms with Gasteiger partial charge in [0.1, 0.15) is 11.4 Å². The maximum Gasteiger partial charge on any atom is 0.277 e. The van der Waals surface area contributed by atoms with E-state index in [0.29, 0.717) is 42.7 Å². The minimum absolute atomic E-state index is 0.0743. The minimum atomic E-state index is -0.210. The second-order valence-corrected chi connectivity index (χ2v) is 9.80. The van der Waals surface area contributed by atoms with Crippen molar-refractivity contribution in [2.75, 3.05) is 26.2 Å². The Hall–Kier alpha value is -2.34. The van der Waals surface area contributed by atoms with Crippen molar-refractivity contribution >= 4 is 17.4 Å². The third kappa shape index (κ3) is 5.71. The highest BCUT2D eigenvalue weighted by Gasteiger charge is 2.42. The summed E-state index contributed by atoms with van der Waals surface area (Å²) in [7, 11) is 0. The Kier molecular flexibility index (Phi) is 7.99. The smallest absolute Gasteiger partial charge is 0.277 e. The van der Waals surface area contributed by atoms with Gasteiger partial charge in [-0.25, -0.2) is 0 Å². The predicted molar refractivity (Wildman–Crippen MR) is 126 cm³/mol. The third-order valence-electron chi connectivity index (χ3n) is 5.82. The number of piperidine rings is 1. The molecule has 0 saturated carbocycles. The molecule has 2 amide bonds. The molecule has 0 bridgehead atoms. The van der Waals surface area contributed by atoms with Crippen molar-refractivity contribution in [2.24, 2.45) is 11.8 Å². The van der Waals surface area contributed by atoms with Gasteiger partial charge >= 0.3 is 0 Å². The van der Waals surface area contributed by atoms with Crippen LogP contribution in [-0.2, 0) is 14.3 Å². The van der Waals surface area contributed by atoms with Crippen LogP contribution in [-0.4, -0.2) is 60.1 Å². The van der Waals surface area contributed by atoms with Crippen molar-refractivity contribution in [3.05, 3.63) is 35.5 Å². The molecular formula is C26H38N2O4. The maximum absolute atomic E-state index is 13.5. The summed E-state index contributed by atoms with van der Waals surface area (Å²) in [5.41, 5.74) is 1.83. The first kappa shape index (κ1) is 24.3. The normalized spacial score (nSPS) is 22.0. The fourth-order valence-electron chi connectivity index (χ4n) is 4.68. The maximum atomic E-state index is 13.5. The number of carbonyl (C=O) groups excluding carboxylic acids is 2. The Morgan fingerprint density at radius 2 is 1.56 bits per heavy atom. The zero-order chi connectivity index (χ0) is 23.4. The van der Waals surface area contributed by atoms with Gasteiger partial charge in [-0.3, -0.25) is 14.5 Å². The summed E-state index contributed by atoms with van der Waals surface area (Å²) >= 11 is 0. The van der Waals surface area contributed by atoms with Gasteiger partial charge < -0.3 is 14.4 Å². The van der Waals surface area contributed by atoms with Gasteiger partial charge in [0, 0.05) is 26.2 Å². The van der Waals surface area contributed by atoms with Crippen molar-refractivity contribution in [3.63, 3.8) is 0 Å². The number of ether oxygens (including phenoxy) is 2. The van der Waals surface area contributed by atoms with E-state index < -0.39 is 0 Å². The highest BCUT2D eigenvalue weighted by molar-refractivity contribution is 6.35. The summed E-state index contributed by atoms with van der Waals surface area (Å²) in [5, 5.41) is 0. The number of imide groups is 1. The predicted octanol–water partition coefficient (Wildman–Crippen LogP) is 4.35. The van der Waals surface area contributed by atoms with E-state index in [1.54, 1.807) is 0 Å². The molecule has 0 aliphatic carbocycles. The molecule has 2 unspecified atom stereocenters. The lowest BCUT2D eigenvalue weighted by Gasteiger charge is -2.37. The summed E-state index contributed by atoms with van der Waals surface area (Å²) in [5.74, 6) is 1.32. The van der Waals surface area contributed by atoms with Crippen LogP contribution in [0.3, 0.4) is 0 Å². The molecule has 2 aliphatic heterocycles. The van der Waals surface area contributed by atoms with Crippen LogP contribution in [0.15, 0.2) is 30.0 Å². The number of hydrogen-bond donors (Lipinski definition) is 0. The minimum Gasteiger partial charge on any atom is -0.491 e. The third-order valence-corrected chi connectivity index (χ3v) is 5.82. The van der Waals surface area contributed by atoms with Crippen molar-refractivity contribution in [3.8, 4) is 5.75 Å². The lowest BCUT2D eigenvalue weighted by molar-refractivity contribution is -0.138. The Labute approximate surface area is 192 Å². The molecule has 2 aliphatic rings. The zero-order valence-electron chi connectivity index (χ0n) is 20.4. The van der Waals surface area contributed by atoms with E-state index in [9.17, 15) is 9.59 Å². The standard InChI is InChI=1S/C26H38N2O4/c1-17(2)31-13-7-12-28-25(29)23(21-8-10-22(11-9-21)32-18(3)4)24(26(28)30)27-15-19(5)14-20(6)16-27/h8-11,17-20H,7,12-16H2,1-6H3. The van der Waals surface area contributed by atoms with Crippen molar-refractivity contribution in [1.82, 2.24) is 9.80 Å². The molecule has 2 heterocycles. The first-order valence-electron chi connectivity index (χ1n) is 11.9. The lowest BCUT2D eigenvalue weighted by Crippen LogP contribution is -2.42. The number of nitrogens with zero attached hydrogens (tertiary/aromatic N) is 2. The lowest BCUT2D eigenvalue weighted by atomic mass is 9.91. The van der Waals surface area contributed by atoms with Gasteiger partial charge in [0.2, 0.25) is 0 Å². The van der Waals surface area contributed by atoms with Crippen LogP contribution in [0.2, 0.25) is 0 Å². The van der Waals surface area contributed by atoms with Crippen molar-refractivity contribution < 1.29 is 19.1 Å². The van der Waals surface area contributed by atoms with Crippen LogP contribution >= 0.6 is 0 Å². The van der Waals surface area contributed by atoms with E-state index in [-0.39, 0.29) is 24.0 Å². The number of carbonyl (C=O) groups is 2. The van der Waals surface area contributed by atoms with Crippen molar-refractivity contribution in [1.29, 1.82) is 0 Å². The van der Waals surface area contributed by atoms with Gasteiger partial charge in [-0.1, -0.05) is 26.0 Å². The molecule has 1 aromatic rings. The van der Waals surface area contributed by atoms with Crippen LogP contribution < -0.4 is 4.74 Å². The molecular weight excluding hydrogens is 404 g/mol. The molecule has 0 aromatic heterocycles. The van der Waals surface area contributed by atoms with Crippen LogP contribution in [0, 0.1) is 11.8 Å². The quantitative estimate of drug-likeness (QED) is 0.420. The monoisotopic (exact) mass is 442 g/mol. The second kappa shape index (κ2) is 10.5. The highest BCUT2D eigenvalue weighted by Crippen LogP contribution is 2.35. The zero-order valence-corrected chi connectivity index (χ0v) is 20.4. The van der Waals surface area contributed by atoms with E-state index >= 15 is 0 Å². The van der Waals surface area contributed by atoms with Crippen LogP contribution in [0.1, 0.15) is 59.9 Å². The van der Waals surface area contributed by atoms with E-state index in [4.69, 9.17) is 9.47 Å². The van der Waals surface area contributed by atoms with Gasteiger partial charge in [-0.15, -0.1) is 0 Å². The Balaban J connectivity index is 1.90. The molecule has 1 aromatic carbocycles. The fourth-order valence-corrected chi connectivity index (χ4v) is 4.68. The average Bonchev–Trinajstić information content (AvgIpc) is 2.95.